The Kier molecular flexibility index (Phi) is 9.89. The number of esters is 2. The van der Waals surface area contributed by atoms with Crippen molar-refractivity contribution in [3.63, 3.8) is 0 Å². The van der Waals surface area contributed by atoms with E-state index in [1.807, 2.05) is 91.0 Å². The van der Waals surface area contributed by atoms with Gasteiger partial charge in [-0.2, -0.15) is 5.10 Å². The van der Waals surface area contributed by atoms with Crippen LogP contribution in [0.15, 0.2) is 109 Å². The number of carbonyl (C=O) groups is 2. The van der Waals surface area contributed by atoms with E-state index in [4.69, 9.17) is 18.9 Å². The minimum absolute atomic E-state index is 0.141. The van der Waals surface area contributed by atoms with Crippen molar-refractivity contribution in [2.75, 3.05) is 19.0 Å². The molecule has 9 heteroatoms. The monoisotopic (exact) mass is 591 g/mol. The number of benzene rings is 4. The first-order valence-electron chi connectivity index (χ1n) is 14.2. The standard InChI is InChI=1S/C35H33N3O6/c1-3-42-33(39)22-38-32(21-29(37-38)27-17-11-6-12-18-27)36-30-19-28(43-23-25-13-7-4-8-14-25)20-31(34(30)35(40)41-2)44-24-26-15-9-5-10-16-26/h4-21,36H,3,22-24H2,1-2H3. The van der Waals surface area contributed by atoms with E-state index in [1.165, 1.54) is 11.8 Å². The van der Waals surface area contributed by atoms with Crippen molar-refractivity contribution < 1.29 is 28.5 Å². The molecule has 0 radical (unpaired) electrons. The maximum absolute atomic E-state index is 13.2. The lowest BCUT2D eigenvalue weighted by molar-refractivity contribution is -0.144. The summed E-state index contributed by atoms with van der Waals surface area (Å²) >= 11 is 0. The summed E-state index contributed by atoms with van der Waals surface area (Å²) in [5.74, 6) is 0.139. The van der Waals surface area contributed by atoms with Gasteiger partial charge in [-0.25, -0.2) is 9.48 Å². The van der Waals surface area contributed by atoms with Gasteiger partial charge in [0.2, 0.25) is 0 Å². The largest absolute Gasteiger partial charge is 0.489 e. The second kappa shape index (κ2) is 14.6. The van der Waals surface area contributed by atoms with E-state index in [0.29, 0.717) is 29.6 Å². The highest BCUT2D eigenvalue weighted by Crippen LogP contribution is 2.37. The van der Waals surface area contributed by atoms with Crippen LogP contribution >= 0.6 is 0 Å². The molecule has 0 spiro atoms. The smallest absolute Gasteiger partial charge is 0.343 e. The number of nitrogens with one attached hydrogen (secondary N) is 1. The molecule has 0 aliphatic heterocycles. The number of hydrogen-bond acceptors (Lipinski definition) is 8. The lowest BCUT2D eigenvalue weighted by Gasteiger charge is -2.18. The SMILES string of the molecule is CCOC(=O)Cn1nc(-c2ccccc2)cc1Nc1cc(OCc2ccccc2)cc(OCc2ccccc2)c1C(=O)OC. The first-order valence-corrected chi connectivity index (χ1v) is 14.2. The molecule has 0 saturated heterocycles. The van der Waals surface area contributed by atoms with Crippen LogP contribution in [0.25, 0.3) is 11.3 Å². The van der Waals surface area contributed by atoms with Crippen LogP contribution in [-0.4, -0.2) is 35.4 Å². The molecule has 1 aromatic heterocycles. The second-order valence-electron chi connectivity index (χ2n) is 9.75. The molecule has 4 aromatic carbocycles. The van der Waals surface area contributed by atoms with Gasteiger partial charge in [0.05, 0.1) is 25.1 Å². The van der Waals surface area contributed by atoms with Gasteiger partial charge in [-0.05, 0) is 18.1 Å². The van der Waals surface area contributed by atoms with Gasteiger partial charge in [0.15, 0.2) is 0 Å². The van der Waals surface area contributed by atoms with Crippen LogP contribution in [-0.2, 0) is 34.0 Å². The van der Waals surface area contributed by atoms with Crippen molar-refractivity contribution in [3.8, 4) is 22.8 Å². The molecule has 0 fully saturated rings. The van der Waals surface area contributed by atoms with E-state index in [-0.39, 0.29) is 31.1 Å². The van der Waals surface area contributed by atoms with E-state index in [9.17, 15) is 9.59 Å². The van der Waals surface area contributed by atoms with Crippen LogP contribution in [0.5, 0.6) is 11.5 Å². The Bertz CT molecular complexity index is 1690. The van der Waals surface area contributed by atoms with Gasteiger partial charge in [0.1, 0.15) is 42.6 Å². The minimum Gasteiger partial charge on any atom is -0.489 e. The minimum atomic E-state index is -0.607. The fourth-order valence-corrected chi connectivity index (χ4v) is 4.53. The molecule has 0 aliphatic rings. The number of anilines is 2. The fourth-order valence-electron chi connectivity index (χ4n) is 4.53. The van der Waals surface area contributed by atoms with Crippen LogP contribution in [0.2, 0.25) is 0 Å². The van der Waals surface area contributed by atoms with Crippen molar-refractivity contribution >= 4 is 23.4 Å². The van der Waals surface area contributed by atoms with Crippen molar-refractivity contribution in [3.05, 3.63) is 126 Å². The first-order chi connectivity index (χ1) is 21.5. The van der Waals surface area contributed by atoms with E-state index in [1.54, 1.807) is 25.1 Å². The molecule has 1 N–H and O–H groups in total. The highest BCUT2D eigenvalue weighted by atomic mass is 16.5. The summed E-state index contributed by atoms with van der Waals surface area (Å²) in [5.41, 5.74) is 3.92. The summed E-state index contributed by atoms with van der Waals surface area (Å²) in [5, 5.41) is 7.97. The number of aromatic nitrogens is 2. The number of ether oxygens (including phenoxy) is 4. The molecule has 0 amide bonds. The Labute approximate surface area is 256 Å². The van der Waals surface area contributed by atoms with E-state index >= 15 is 0 Å². The third kappa shape index (κ3) is 7.63. The van der Waals surface area contributed by atoms with Crippen molar-refractivity contribution in [1.82, 2.24) is 9.78 Å². The lowest BCUT2D eigenvalue weighted by atomic mass is 10.1. The number of methoxy groups -OCH3 is 1. The van der Waals surface area contributed by atoms with Crippen LogP contribution in [0.3, 0.4) is 0 Å². The summed E-state index contributed by atoms with van der Waals surface area (Å²) < 4.78 is 24.2. The van der Waals surface area contributed by atoms with E-state index in [0.717, 1.165) is 16.7 Å². The van der Waals surface area contributed by atoms with Crippen LogP contribution in [0.4, 0.5) is 11.5 Å². The highest BCUT2D eigenvalue weighted by molar-refractivity contribution is 6.00. The molecule has 5 rings (SSSR count). The Balaban J connectivity index is 1.56. The van der Waals surface area contributed by atoms with Crippen LogP contribution in [0.1, 0.15) is 28.4 Å². The molecule has 44 heavy (non-hydrogen) atoms. The van der Waals surface area contributed by atoms with Gasteiger partial charge in [-0.15, -0.1) is 0 Å². The molecule has 0 bridgehead atoms. The summed E-state index contributed by atoms with van der Waals surface area (Å²) in [6, 6.07) is 34.1. The third-order valence-electron chi connectivity index (χ3n) is 6.65. The molecule has 5 aromatic rings. The maximum atomic E-state index is 13.2. The van der Waals surface area contributed by atoms with Gasteiger partial charge < -0.3 is 24.3 Å². The first kappa shape index (κ1) is 29.9. The fraction of sp³-hybridized carbons (Fsp3) is 0.171. The summed E-state index contributed by atoms with van der Waals surface area (Å²) in [6.07, 6.45) is 0. The molecule has 0 atom stereocenters. The van der Waals surface area contributed by atoms with E-state index < -0.39 is 11.9 Å². The van der Waals surface area contributed by atoms with Crippen molar-refractivity contribution in [2.24, 2.45) is 0 Å². The predicted octanol–water partition coefficient (Wildman–Crippen LogP) is 6.80. The van der Waals surface area contributed by atoms with Gasteiger partial charge >= 0.3 is 11.9 Å². The Morgan fingerprint density at radius 1 is 0.795 bits per heavy atom. The number of rotatable bonds is 13. The molecular weight excluding hydrogens is 558 g/mol. The van der Waals surface area contributed by atoms with Gasteiger partial charge in [0.25, 0.3) is 0 Å². The Morgan fingerprint density at radius 3 is 2.02 bits per heavy atom. The second-order valence-corrected chi connectivity index (χ2v) is 9.75. The van der Waals surface area contributed by atoms with Crippen molar-refractivity contribution in [2.45, 2.75) is 26.7 Å². The number of hydrogen-bond donors (Lipinski definition) is 1. The molecule has 0 aliphatic carbocycles. The molecule has 1 heterocycles. The number of carbonyl (C=O) groups excluding carboxylic acids is 2. The molecule has 0 saturated carbocycles. The van der Waals surface area contributed by atoms with Gasteiger partial charge in [-0.3, -0.25) is 4.79 Å². The van der Waals surface area contributed by atoms with Crippen LogP contribution in [0, 0.1) is 0 Å². The summed E-state index contributed by atoms with van der Waals surface area (Å²) in [7, 11) is 1.31. The third-order valence-corrected chi connectivity index (χ3v) is 6.65. The van der Waals surface area contributed by atoms with Gasteiger partial charge in [-0.1, -0.05) is 91.0 Å². The summed E-state index contributed by atoms with van der Waals surface area (Å²) in [4.78, 5) is 25.7. The predicted molar refractivity (Wildman–Crippen MR) is 167 cm³/mol. The van der Waals surface area contributed by atoms with Gasteiger partial charge in [0, 0.05) is 23.8 Å². The lowest BCUT2D eigenvalue weighted by Crippen LogP contribution is -2.17. The Hall–Kier alpha value is -5.57. The zero-order valence-electron chi connectivity index (χ0n) is 24.6. The van der Waals surface area contributed by atoms with Crippen LogP contribution < -0.4 is 14.8 Å². The quantitative estimate of drug-likeness (QED) is 0.149. The molecule has 224 valence electrons. The summed E-state index contributed by atoms with van der Waals surface area (Å²) in [6.45, 7) is 2.36. The average molecular weight is 592 g/mol. The topological polar surface area (TPSA) is 101 Å². The normalized spacial score (nSPS) is 10.6. The number of nitrogens with zero attached hydrogens (tertiary/aromatic N) is 2. The zero-order valence-corrected chi connectivity index (χ0v) is 24.6. The molecular formula is C35H33N3O6. The van der Waals surface area contributed by atoms with Crippen molar-refractivity contribution in [1.29, 1.82) is 0 Å². The zero-order chi connectivity index (χ0) is 30.7. The van der Waals surface area contributed by atoms with E-state index in [2.05, 4.69) is 10.4 Å². The molecule has 9 nitrogen and oxygen atoms in total. The average Bonchev–Trinajstić information content (AvgIpc) is 3.45. The molecule has 0 unspecified atom stereocenters. The Morgan fingerprint density at radius 2 is 1.41 bits per heavy atom. The maximum Gasteiger partial charge on any atom is 0.343 e. The highest BCUT2D eigenvalue weighted by Gasteiger charge is 2.23.